The molecule has 0 atom stereocenters. The topological polar surface area (TPSA) is 42.1 Å². The Morgan fingerprint density at radius 3 is 2.55 bits per heavy atom. The Bertz CT molecular complexity index is 778. The first-order chi connectivity index (χ1) is 9.72. The van der Waals surface area contributed by atoms with E-state index in [1.165, 1.54) is 7.11 Å². The van der Waals surface area contributed by atoms with E-state index in [-0.39, 0.29) is 5.97 Å². The van der Waals surface area contributed by atoms with Gasteiger partial charge in [-0.25, -0.2) is 4.79 Å². The van der Waals surface area contributed by atoms with E-state index < -0.39 is 0 Å². The van der Waals surface area contributed by atoms with E-state index in [1.807, 2.05) is 42.5 Å². The second kappa shape index (κ2) is 5.02. The van der Waals surface area contributed by atoms with Crippen molar-refractivity contribution in [2.75, 3.05) is 7.11 Å². The first kappa shape index (κ1) is 12.8. The van der Waals surface area contributed by atoms with E-state index in [4.69, 9.17) is 16.3 Å². The minimum absolute atomic E-state index is 0.377. The molecule has 3 rings (SSSR count). The molecule has 1 aromatic heterocycles. The van der Waals surface area contributed by atoms with E-state index in [9.17, 15) is 4.79 Å². The highest BCUT2D eigenvalue weighted by atomic mass is 35.5. The lowest BCUT2D eigenvalue weighted by molar-refractivity contribution is 0.0604. The average Bonchev–Trinajstić information content (AvgIpc) is 2.88. The van der Waals surface area contributed by atoms with Crippen molar-refractivity contribution in [1.29, 1.82) is 0 Å². The number of carbonyl (C=O) groups excluding carboxylic acids is 1. The minimum atomic E-state index is -0.377. The highest BCUT2D eigenvalue weighted by Crippen LogP contribution is 2.33. The SMILES string of the molecule is COC(=O)c1c(-c2ccccc2)[nH]c2c(Cl)cccc12. The van der Waals surface area contributed by atoms with Crippen molar-refractivity contribution in [1.82, 2.24) is 4.98 Å². The van der Waals surface area contributed by atoms with Gasteiger partial charge in [0.05, 0.1) is 28.9 Å². The molecule has 0 saturated heterocycles. The zero-order valence-corrected chi connectivity index (χ0v) is 11.6. The van der Waals surface area contributed by atoms with Crippen LogP contribution in [0.4, 0.5) is 0 Å². The number of hydrogen-bond donors (Lipinski definition) is 1. The number of para-hydroxylation sites is 1. The summed E-state index contributed by atoms with van der Waals surface area (Å²) in [5.41, 5.74) is 2.89. The van der Waals surface area contributed by atoms with Gasteiger partial charge in [0.2, 0.25) is 0 Å². The number of nitrogens with one attached hydrogen (secondary N) is 1. The van der Waals surface area contributed by atoms with Crippen LogP contribution in [0.3, 0.4) is 0 Å². The number of hydrogen-bond acceptors (Lipinski definition) is 2. The summed E-state index contributed by atoms with van der Waals surface area (Å²) in [5, 5.41) is 1.35. The predicted molar refractivity (Wildman–Crippen MR) is 80.1 cm³/mol. The van der Waals surface area contributed by atoms with Gasteiger partial charge in [-0.3, -0.25) is 0 Å². The Labute approximate surface area is 121 Å². The number of aromatic amines is 1. The molecular weight excluding hydrogens is 274 g/mol. The molecule has 0 radical (unpaired) electrons. The number of esters is 1. The number of H-pyrrole nitrogens is 1. The van der Waals surface area contributed by atoms with Gasteiger partial charge in [-0.2, -0.15) is 0 Å². The lowest BCUT2D eigenvalue weighted by Gasteiger charge is -2.03. The molecule has 0 bridgehead atoms. The number of fused-ring (bicyclic) bond motifs is 1. The lowest BCUT2D eigenvalue weighted by atomic mass is 10.1. The van der Waals surface area contributed by atoms with Crippen molar-refractivity contribution in [2.45, 2.75) is 0 Å². The van der Waals surface area contributed by atoms with Crippen molar-refractivity contribution < 1.29 is 9.53 Å². The quantitative estimate of drug-likeness (QED) is 0.714. The van der Waals surface area contributed by atoms with Crippen molar-refractivity contribution >= 4 is 28.5 Å². The Kier molecular flexibility index (Phi) is 3.20. The molecule has 100 valence electrons. The number of ether oxygens (including phenoxy) is 1. The summed E-state index contributed by atoms with van der Waals surface area (Å²) in [4.78, 5) is 15.3. The molecule has 1 N–H and O–H groups in total. The van der Waals surface area contributed by atoms with Crippen LogP contribution in [0.1, 0.15) is 10.4 Å². The Morgan fingerprint density at radius 1 is 1.10 bits per heavy atom. The number of carbonyl (C=O) groups is 1. The summed E-state index contributed by atoms with van der Waals surface area (Å²) >= 11 is 6.19. The van der Waals surface area contributed by atoms with Gasteiger partial charge in [0.1, 0.15) is 0 Å². The van der Waals surface area contributed by atoms with Crippen LogP contribution in [0.2, 0.25) is 5.02 Å². The van der Waals surface area contributed by atoms with E-state index in [0.717, 1.165) is 22.2 Å². The molecule has 0 fully saturated rings. The molecule has 0 aliphatic heterocycles. The normalized spacial score (nSPS) is 10.7. The second-order valence-electron chi connectivity index (χ2n) is 4.40. The summed E-state index contributed by atoms with van der Waals surface area (Å²) in [7, 11) is 1.38. The van der Waals surface area contributed by atoms with Gasteiger partial charge in [0.25, 0.3) is 0 Å². The highest BCUT2D eigenvalue weighted by molar-refractivity contribution is 6.35. The summed E-state index contributed by atoms with van der Waals surface area (Å²) in [6.07, 6.45) is 0. The molecule has 0 aliphatic rings. The molecule has 4 heteroatoms. The third kappa shape index (κ3) is 1.96. The summed E-state index contributed by atoms with van der Waals surface area (Å²) in [6, 6.07) is 15.1. The standard InChI is InChI=1S/C16H12ClNO2/c1-20-16(19)13-11-8-5-9-12(17)15(11)18-14(13)10-6-3-2-4-7-10/h2-9,18H,1H3. The lowest BCUT2D eigenvalue weighted by Crippen LogP contribution is -2.02. The number of halogens is 1. The predicted octanol–water partition coefficient (Wildman–Crippen LogP) is 4.27. The molecule has 0 aliphatic carbocycles. The van der Waals surface area contributed by atoms with Crippen molar-refractivity contribution in [3.8, 4) is 11.3 Å². The summed E-state index contributed by atoms with van der Waals surface area (Å²) < 4.78 is 4.90. The van der Waals surface area contributed by atoms with E-state index in [0.29, 0.717) is 10.6 Å². The first-order valence-electron chi connectivity index (χ1n) is 6.16. The molecule has 3 nitrogen and oxygen atoms in total. The Balaban J connectivity index is 2.36. The maximum atomic E-state index is 12.1. The third-order valence-corrected chi connectivity index (χ3v) is 3.55. The van der Waals surface area contributed by atoms with E-state index in [1.54, 1.807) is 6.07 Å². The Morgan fingerprint density at radius 2 is 1.85 bits per heavy atom. The van der Waals surface area contributed by atoms with Gasteiger partial charge in [-0.15, -0.1) is 0 Å². The Hall–Kier alpha value is -2.26. The molecule has 0 spiro atoms. The van der Waals surface area contributed by atoms with Gasteiger partial charge in [0.15, 0.2) is 0 Å². The van der Waals surface area contributed by atoms with E-state index in [2.05, 4.69) is 4.98 Å². The zero-order chi connectivity index (χ0) is 14.1. The van der Waals surface area contributed by atoms with Crippen LogP contribution in [-0.2, 0) is 4.74 Å². The van der Waals surface area contributed by atoms with Crippen molar-refractivity contribution in [2.24, 2.45) is 0 Å². The molecule has 3 aromatic rings. The smallest absolute Gasteiger partial charge is 0.340 e. The van der Waals surface area contributed by atoms with Crippen molar-refractivity contribution in [3.05, 3.63) is 59.1 Å². The van der Waals surface area contributed by atoms with Crippen LogP contribution < -0.4 is 0 Å². The van der Waals surface area contributed by atoms with Gasteiger partial charge >= 0.3 is 5.97 Å². The average molecular weight is 286 g/mol. The number of methoxy groups -OCH3 is 1. The monoisotopic (exact) mass is 285 g/mol. The van der Waals surface area contributed by atoms with E-state index >= 15 is 0 Å². The maximum Gasteiger partial charge on any atom is 0.340 e. The highest BCUT2D eigenvalue weighted by Gasteiger charge is 2.21. The molecule has 0 saturated carbocycles. The van der Waals surface area contributed by atoms with Crippen LogP contribution in [0.25, 0.3) is 22.2 Å². The summed E-state index contributed by atoms with van der Waals surface area (Å²) in [6.45, 7) is 0. The molecule has 0 unspecified atom stereocenters. The molecule has 0 amide bonds. The van der Waals surface area contributed by atoms with Crippen LogP contribution >= 0.6 is 11.6 Å². The molecular formula is C16H12ClNO2. The minimum Gasteiger partial charge on any atom is -0.465 e. The van der Waals surface area contributed by atoms with Crippen LogP contribution in [0, 0.1) is 0 Å². The molecule has 20 heavy (non-hydrogen) atoms. The molecule has 2 aromatic carbocycles. The van der Waals surface area contributed by atoms with Gasteiger partial charge in [-0.1, -0.05) is 54.1 Å². The maximum absolute atomic E-state index is 12.1. The fourth-order valence-electron chi connectivity index (χ4n) is 2.32. The van der Waals surface area contributed by atoms with Crippen molar-refractivity contribution in [3.63, 3.8) is 0 Å². The van der Waals surface area contributed by atoms with Gasteiger partial charge in [0, 0.05) is 5.39 Å². The second-order valence-corrected chi connectivity index (χ2v) is 4.80. The zero-order valence-electron chi connectivity index (χ0n) is 10.8. The third-order valence-electron chi connectivity index (χ3n) is 3.23. The first-order valence-corrected chi connectivity index (χ1v) is 6.54. The number of rotatable bonds is 2. The van der Waals surface area contributed by atoms with Gasteiger partial charge < -0.3 is 9.72 Å². The van der Waals surface area contributed by atoms with Gasteiger partial charge in [-0.05, 0) is 11.6 Å². The fraction of sp³-hybridized carbons (Fsp3) is 0.0625. The fourth-order valence-corrected chi connectivity index (χ4v) is 2.54. The number of benzene rings is 2. The van der Waals surface area contributed by atoms with Crippen LogP contribution in [-0.4, -0.2) is 18.1 Å². The summed E-state index contributed by atoms with van der Waals surface area (Å²) in [5.74, 6) is -0.377. The van der Waals surface area contributed by atoms with Crippen LogP contribution in [0.5, 0.6) is 0 Å². The van der Waals surface area contributed by atoms with Crippen LogP contribution in [0.15, 0.2) is 48.5 Å². The largest absolute Gasteiger partial charge is 0.465 e. The molecule has 1 heterocycles. The number of aromatic nitrogens is 1.